The molecular formula is C19H24O4. The van der Waals surface area contributed by atoms with Gasteiger partial charge in [0.1, 0.15) is 5.75 Å². The van der Waals surface area contributed by atoms with Gasteiger partial charge in [0.15, 0.2) is 0 Å². The normalized spacial score (nSPS) is 41.7. The number of aromatic hydroxyl groups is 1. The molecule has 4 rings (SSSR count). The summed E-state index contributed by atoms with van der Waals surface area (Å²) in [6.45, 7) is 2.09. The average molecular weight is 316 g/mol. The number of carbonyl (C=O) groups is 1. The maximum Gasteiger partial charge on any atom is 0.306 e. The lowest BCUT2D eigenvalue weighted by Gasteiger charge is -2.50. The van der Waals surface area contributed by atoms with E-state index in [4.69, 9.17) is 0 Å². The van der Waals surface area contributed by atoms with Gasteiger partial charge in [-0.2, -0.15) is 0 Å². The Morgan fingerprint density at radius 3 is 2.83 bits per heavy atom. The largest absolute Gasteiger partial charge is 0.508 e. The van der Waals surface area contributed by atoms with E-state index in [1.54, 1.807) is 6.07 Å². The summed E-state index contributed by atoms with van der Waals surface area (Å²) in [6, 6.07) is 5.62. The van der Waals surface area contributed by atoms with Gasteiger partial charge in [-0.15, -0.1) is 0 Å². The van der Waals surface area contributed by atoms with Crippen LogP contribution in [0.2, 0.25) is 0 Å². The lowest BCUT2D eigenvalue weighted by atomic mass is 9.54. The second-order valence-electron chi connectivity index (χ2n) is 7.96. The fourth-order valence-electron chi connectivity index (χ4n) is 5.90. The molecule has 3 aliphatic carbocycles. The highest BCUT2D eigenvalue weighted by Crippen LogP contribution is 2.62. The second-order valence-corrected chi connectivity index (χ2v) is 7.96. The van der Waals surface area contributed by atoms with Crippen molar-refractivity contribution >= 4 is 5.97 Å². The van der Waals surface area contributed by atoms with E-state index in [-0.39, 0.29) is 11.3 Å². The van der Waals surface area contributed by atoms with Gasteiger partial charge in [-0.3, -0.25) is 4.79 Å². The molecule has 4 heteroatoms. The monoisotopic (exact) mass is 316 g/mol. The van der Waals surface area contributed by atoms with Crippen LogP contribution in [-0.2, 0) is 11.2 Å². The van der Waals surface area contributed by atoms with Crippen molar-refractivity contribution < 1.29 is 20.1 Å². The van der Waals surface area contributed by atoms with Gasteiger partial charge in [0.05, 0.1) is 12.0 Å². The molecule has 6 atom stereocenters. The maximum absolute atomic E-state index is 11.8. The van der Waals surface area contributed by atoms with E-state index >= 15 is 0 Å². The van der Waals surface area contributed by atoms with Gasteiger partial charge in [-0.25, -0.2) is 0 Å². The van der Waals surface area contributed by atoms with Crippen molar-refractivity contribution in [1.82, 2.24) is 0 Å². The minimum absolute atomic E-state index is 0.0516. The highest BCUT2D eigenvalue weighted by Gasteiger charge is 2.60. The molecule has 2 fully saturated rings. The lowest BCUT2D eigenvalue weighted by Crippen LogP contribution is -2.46. The molecule has 1 aromatic carbocycles. The van der Waals surface area contributed by atoms with Crippen molar-refractivity contribution in [1.29, 1.82) is 0 Å². The van der Waals surface area contributed by atoms with Crippen molar-refractivity contribution in [2.24, 2.45) is 23.2 Å². The number of aryl methyl sites for hydroxylation is 1. The Balaban J connectivity index is 1.75. The van der Waals surface area contributed by atoms with E-state index in [0.717, 1.165) is 25.7 Å². The minimum Gasteiger partial charge on any atom is -0.508 e. The van der Waals surface area contributed by atoms with Gasteiger partial charge < -0.3 is 15.3 Å². The van der Waals surface area contributed by atoms with Crippen molar-refractivity contribution in [2.75, 3.05) is 0 Å². The summed E-state index contributed by atoms with van der Waals surface area (Å²) in [7, 11) is 0. The molecule has 0 saturated heterocycles. The molecule has 23 heavy (non-hydrogen) atoms. The number of fused-ring (bicyclic) bond motifs is 5. The molecule has 0 spiro atoms. The number of hydrogen-bond acceptors (Lipinski definition) is 3. The number of phenols is 1. The third kappa shape index (κ3) is 2.04. The zero-order chi connectivity index (χ0) is 16.4. The second kappa shape index (κ2) is 4.97. The molecule has 4 nitrogen and oxygen atoms in total. The SMILES string of the molecule is C[C@]12CCC3c4ccc(O)cc4CCC3C1[C@@H](C(=O)O)C[C@@H]2O. The number of rotatable bonds is 1. The molecule has 0 bridgehead atoms. The van der Waals surface area contributed by atoms with Crippen molar-refractivity contribution in [3.63, 3.8) is 0 Å². The third-order valence-corrected chi connectivity index (χ3v) is 7.00. The number of aliphatic hydroxyl groups is 1. The van der Waals surface area contributed by atoms with Crippen molar-refractivity contribution in [2.45, 2.75) is 51.0 Å². The number of phenolic OH excluding ortho intramolecular Hbond substituents is 1. The molecule has 0 radical (unpaired) electrons. The van der Waals surface area contributed by atoms with Crippen LogP contribution in [0.15, 0.2) is 18.2 Å². The van der Waals surface area contributed by atoms with Crippen molar-refractivity contribution in [3.05, 3.63) is 29.3 Å². The molecule has 0 aliphatic heterocycles. The summed E-state index contributed by atoms with van der Waals surface area (Å²) in [6.07, 6.45) is 3.61. The Morgan fingerprint density at radius 2 is 2.09 bits per heavy atom. The Kier molecular flexibility index (Phi) is 3.24. The van der Waals surface area contributed by atoms with E-state index in [9.17, 15) is 20.1 Å². The highest BCUT2D eigenvalue weighted by atomic mass is 16.4. The minimum atomic E-state index is -0.755. The number of benzene rings is 1. The van der Waals surface area contributed by atoms with E-state index in [2.05, 4.69) is 6.92 Å². The molecule has 124 valence electrons. The predicted molar refractivity (Wildman–Crippen MR) is 85.2 cm³/mol. The number of carboxylic acid groups (broad SMARTS) is 1. The van der Waals surface area contributed by atoms with E-state index in [1.165, 1.54) is 11.1 Å². The first-order valence-corrected chi connectivity index (χ1v) is 8.64. The summed E-state index contributed by atoms with van der Waals surface area (Å²) in [5.74, 6) is -0.136. The first-order chi connectivity index (χ1) is 10.9. The zero-order valence-corrected chi connectivity index (χ0v) is 13.4. The van der Waals surface area contributed by atoms with Crippen LogP contribution >= 0.6 is 0 Å². The lowest BCUT2D eigenvalue weighted by molar-refractivity contribution is -0.145. The fourth-order valence-corrected chi connectivity index (χ4v) is 5.90. The highest BCUT2D eigenvalue weighted by molar-refractivity contribution is 5.71. The summed E-state index contributed by atoms with van der Waals surface area (Å²) >= 11 is 0. The standard InChI is InChI=1S/C19H24O4/c1-19-7-6-13-12-5-3-11(20)8-10(12)2-4-14(13)17(19)15(18(22)23)9-16(19)21/h3,5,8,13-17,20-21H,2,4,6-7,9H2,1H3,(H,22,23)/t13?,14?,15-,16-,17?,19+/m0/s1. The van der Waals surface area contributed by atoms with E-state index in [0.29, 0.717) is 24.0 Å². The van der Waals surface area contributed by atoms with Gasteiger partial charge >= 0.3 is 5.97 Å². The van der Waals surface area contributed by atoms with Crippen LogP contribution < -0.4 is 0 Å². The summed E-state index contributed by atoms with van der Waals surface area (Å²) < 4.78 is 0. The Bertz CT molecular complexity index is 655. The maximum atomic E-state index is 11.8. The predicted octanol–water partition coefficient (Wildman–Crippen LogP) is 2.92. The number of carboxylic acids is 1. The van der Waals surface area contributed by atoms with Crippen LogP contribution in [0.25, 0.3) is 0 Å². The van der Waals surface area contributed by atoms with Gasteiger partial charge in [0.25, 0.3) is 0 Å². The Labute approximate surface area is 136 Å². The summed E-state index contributed by atoms with van der Waals surface area (Å²) in [5.41, 5.74) is 2.23. The molecule has 3 aliphatic rings. The topological polar surface area (TPSA) is 77.8 Å². The summed E-state index contributed by atoms with van der Waals surface area (Å²) in [4.78, 5) is 11.8. The van der Waals surface area contributed by atoms with Crippen LogP contribution in [-0.4, -0.2) is 27.4 Å². The number of aliphatic carboxylic acids is 1. The van der Waals surface area contributed by atoms with Crippen LogP contribution in [0.4, 0.5) is 0 Å². The van der Waals surface area contributed by atoms with E-state index in [1.807, 2.05) is 12.1 Å². The fraction of sp³-hybridized carbons (Fsp3) is 0.632. The van der Waals surface area contributed by atoms with Crippen LogP contribution in [0.5, 0.6) is 5.75 Å². The quantitative estimate of drug-likeness (QED) is 0.744. The number of hydrogen-bond donors (Lipinski definition) is 3. The van der Waals surface area contributed by atoms with Crippen LogP contribution in [0, 0.1) is 23.2 Å². The third-order valence-electron chi connectivity index (χ3n) is 7.00. The molecule has 0 amide bonds. The number of aliphatic hydroxyl groups excluding tert-OH is 1. The smallest absolute Gasteiger partial charge is 0.306 e. The van der Waals surface area contributed by atoms with Gasteiger partial charge in [-0.05, 0) is 78.5 Å². The van der Waals surface area contributed by atoms with Gasteiger partial charge in [0, 0.05) is 0 Å². The van der Waals surface area contributed by atoms with Gasteiger partial charge in [-0.1, -0.05) is 13.0 Å². The molecule has 1 aromatic rings. The zero-order valence-electron chi connectivity index (χ0n) is 13.4. The molecule has 0 heterocycles. The van der Waals surface area contributed by atoms with Crippen LogP contribution in [0.1, 0.15) is 49.7 Å². The molecule has 3 N–H and O–H groups in total. The molecule has 2 saturated carbocycles. The first kappa shape index (κ1) is 15.0. The van der Waals surface area contributed by atoms with Crippen molar-refractivity contribution in [3.8, 4) is 5.75 Å². The molecular weight excluding hydrogens is 292 g/mol. The average Bonchev–Trinajstić information content (AvgIpc) is 2.79. The first-order valence-electron chi connectivity index (χ1n) is 8.64. The Hall–Kier alpha value is -1.55. The van der Waals surface area contributed by atoms with E-state index < -0.39 is 18.0 Å². The molecule has 3 unspecified atom stereocenters. The van der Waals surface area contributed by atoms with Crippen LogP contribution in [0.3, 0.4) is 0 Å². The summed E-state index contributed by atoms with van der Waals surface area (Å²) in [5, 5.41) is 29.9. The Morgan fingerprint density at radius 1 is 1.30 bits per heavy atom. The molecule has 0 aromatic heterocycles. The van der Waals surface area contributed by atoms with Gasteiger partial charge in [0.2, 0.25) is 0 Å².